The van der Waals surface area contributed by atoms with Gasteiger partial charge in [-0.05, 0) is 60.6 Å². The zero-order valence-electron chi connectivity index (χ0n) is 16.8. The van der Waals surface area contributed by atoms with Gasteiger partial charge in [-0.2, -0.15) is 5.10 Å². The molecule has 0 aromatic heterocycles. The molecule has 0 aliphatic heterocycles. The molecule has 29 heavy (non-hydrogen) atoms. The molecule has 0 saturated carbocycles. The van der Waals surface area contributed by atoms with E-state index in [9.17, 15) is 0 Å². The number of hydrogen-bond acceptors (Lipinski definition) is 5. The molecular formula is C22H29N3O3S. The highest BCUT2D eigenvalue weighted by Gasteiger charge is 1.99. The van der Waals surface area contributed by atoms with Crippen LogP contribution >= 0.6 is 12.2 Å². The molecule has 3 N–H and O–H groups in total. The lowest BCUT2D eigenvalue weighted by atomic mass is 10.2. The number of nitrogens with two attached hydrogens (primary N) is 1. The summed E-state index contributed by atoms with van der Waals surface area (Å²) in [5.41, 5.74) is 8.71. The average molecular weight is 416 g/mol. The van der Waals surface area contributed by atoms with Crippen molar-refractivity contribution in [2.24, 2.45) is 10.8 Å². The number of hydrogen-bond donors (Lipinski definition) is 2. The van der Waals surface area contributed by atoms with Crippen molar-refractivity contribution in [1.29, 1.82) is 0 Å². The van der Waals surface area contributed by atoms with Crippen molar-refractivity contribution in [2.75, 3.05) is 19.8 Å². The van der Waals surface area contributed by atoms with Crippen molar-refractivity contribution in [1.82, 2.24) is 5.43 Å². The fraction of sp³-hybridized carbons (Fsp3) is 0.364. The van der Waals surface area contributed by atoms with E-state index in [4.69, 9.17) is 32.2 Å². The molecule has 7 heteroatoms. The van der Waals surface area contributed by atoms with Crippen molar-refractivity contribution < 1.29 is 14.2 Å². The normalized spacial score (nSPS) is 10.7. The topological polar surface area (TPSA) is 78.1 Å². The van der Waals surface area contributed by atoms with Crippen molar-refractivity contribution in [3.8, 4) is 17.2 Å². The third kappa shape index (κ3) is 9.80. The van der Waals surface area contributed by atoms with Gasteiger partial charge in [0.2, 0.25) is 0 Å². The minimum Gasteiger partial charge on any atom is -0.494 e. The Hall–Kier alpha value is -2.80. The Kier molecular flexibility index (Phi) is 10.4. The summed E-state index contributed by atoms with van der Waals surface area (Å²) in [6.07, 6.45) is 6.42. The van der Waals surface area contributed by atoms with Gasteiger partial charge in [-0.3, -0.25) is 5.43 Å². The zero-order valence-corrected chi connectivity index (χ0v) is 17.6. The summed E-state index contributed by atoms with van der Waals surface area (Å²) in [6.45, 7) is 3.84. The monoisotopic (exact) mass is 415 g/mol. The molecule has 156 valence electrons. The van der Waals surface area contributed by atoms with Crippen LogP contribution in [0.25, 0.3) is 0 Å². The Morgan fingerprint density at radius 3 is 2.24 bits per heavy atom. The highest BCUT2D eigenvalue weighted by molar-refractivity contribution is 7.80. The van der Waals surface area contributed by atoms with Gasteiger partial charge in [-0.15, -0.1) is 0 Å². The van der Waals surface area contributed by atoms with Gasteiger partial charge in [-0.25, -0.2) is 0 Å². The third-order valence-corrected chi connectivity index (χ3v) is 4.05. The Bertz CT molecular complexity index is 766. The van der Waals surface area contributed by atoms with E-state index in [2.05, 4.69) is 17.5 Å². The van der Waals surface area contributed by atoms with Crippen LogP contribution in [0.4, 0.5) is 0 Å². The number of benzene rings is 2. The fourth-order valence-electron chi connectivity index (χ4n) is 2.53. The van der Waals surface area contributed by atoms with Gasteiger partial charge in [0, 0.05) is 0 Å². The summed E-state index contributed by atoms with van der Waals surface area (Å²) in [6, 6.07) is 15.2. The third-order valence-electron chi connectivity index (χ3n) is 3.96. The molecule has 2 rings (SSSR count). The van der Waals surface area contributed by atoms with Crippen molar-refractivity contribution in [3.05, 3.63) is 54.1 Å². The molecule has 0 unspecified atom stereocenters. The lowest BCUT2D eigenvalue weighted by Gasteiger charge is -2.10. The second-order valence-corrected chi connectivity index (χ2v) is 6.82. The predicted octanol–water partition coefficient (Wildman–Crippen LogP) is 4.27. The lowest BCUT2D eigenvalue weighted by Crippen LogP contribution is -2.23. The minimum atomic E-state index is 0.123. The first-order chi connectivity index (χ1) is 14.2. The molecule has 0 aliphatic rings. The number of hydrazone groups is 1. The maximum Gasteiger partial charge on any atom is 0.184 e. The molecule has 0 aliphatic carbocycles. The van der Waals surface area contributed by atoms with Crippen LogP contribution in [0.3, 0.4) is 0 Å². The second-order valence-electron chi connectivity index (χ2n) is 6.38. The Labute approximate surface area is 178 Å². The summed E-state index contributed by atoms with van der Waals surface area (Å²) >= 11 is 4.69. The molecule has 2 aromatic carbocycles. The van der Waals surface area contributed by atoms with E-state index >= 15 is 0 Å². The number of rotatable bonds is 13. The number of ether oxygens (including phenoxy) is 3. The van der Waals surface area contributed by atoms with Crippen LogP contribution in [-0.4, -0.2) is 31.1 Å². The smallest absolute Gasteiger partial charge is 0.184 e. The molecule has 0 radical (unpaired) electrons. The van der Waals surface area contributed by atoms with Gasteiger partial charge in [-0.1, -0.05) is 38.3 Å². The SMILES string of the molecule is CCCCCCOc1ccc(OCCOc2cccc(/C=N/NC(N)=S)c2)cc1. The Balaban J connectivity index is 1.67. The minimum absolute atomic E-state index is 0.123. The van der Waals surface area contributed by atoms with Crippen molar-refractivity contribution >= 4 is 23.5 Å². The highest BCUT2D eigenvalue weighted by Crippen LogP contribution is 2.18. The van der Waals surface area contributed by atoms with Crippen molar-refractivity contribution in [3.63, 3.8) is 0 Å². The molecule has 0 fully saturated rings. The van der Waals surface area contributed by atoms with E-state index in [1.807, 2.05) is 48.5 Å². The first-order valence-corrected chi connectivity index (χ1v) is 10.2. The van der Waals surface area contributed by atoms with Crippen LogP contribution in [0.5, 0.6) is 17.2 Å². The van der Waals surface area contributed by atoms with E-state index < -0.39 is 0 Å². The molecular weight excluding hydrogens is 386 g/mol. The Morgan fingerprint density at radius 2 is 1.59 bits per heavy atom. The average Bonchev–Trinajstić information content (AvgIpc) is 2.72. The van der Waals surface area contributed by atoms with Gasteiger partial charge in [0.25, 0.3) is 0 Å². The van der Waals surface area contributed by atoms with Gasteiger partial charge in [0.05, 0.1) is 12.8 Å². The van der Waals surface area contributed by atoms with Gasteiger partial charge < -0.3 is 19.9 Å². The second kappa shape index (κ2) is 13.4. The van der Waals surface area contributed by atoms with Gasteiger partial charge in [0.1, 0.15) is 30.5 Å². The highest BCUT2D eigenvalue weighted by atomic mass is 32.1. The summed E-state index contributed by atoms with van der Waals surface area (Å²) in [5.74, 6) is 2.39. The summed E-state index contributed by atoms with van der Waals surface area (Å²) in [5, 5.41) is 4.05. The number of nitrogens with one attached hydrogen (secondary N) is 1. The van der Waals surface area contributed by atoms with E-state index in [-0.39, 0.29) is 5.11 Å². The maximum absolute atomic E-state index is 5.73. The van der Waals surface area contributed by atoms with E-state index in [1.165, 1.54) is 19.3 Å². The van der Waals surface area contributed by atoms with E-state index in [1.54, 1.807) is 6.21 Å². The maximum atomic E-state index is 5.73. The number of thiocarbonyl (C=S) groups is 1. The summed E-state index contributed by atoms with van der Waals surface area (Å²) in [4.78, 5) is 0. The molecule has 0 amide bonds. The zero-order chi connectivity index (χ0) is 20.7. The standard InChI is InChI=1S/C22H29N3O3S/c1-2-3-4-5-13-26-19-9-11-20(12-10-19)27-14-15-28-21-8-6-7-18(16-21)17-24-25-22(23)29/h6-12,16-17H,2-5,13-15H2,1H3,(H3,23,25,29)/b24-17+. The first kappa shape index (κ1) is 22.5. The molecule has 0 spiro atoms. The predicted molar refractivity (Wildman–Crippen MR) is 121 cm³/mol. The largest absolute Gasteiger partial charge is 0.494 e. The molecule has 6 nitrogen and oxygen atoms in total. The van der Waals surface area contributed by atoms with E-state index in [0.717, 1.165) is 35.8 Å². The molecule has 0 saturated heterocycles. The first-order valence-electron chi connectivity index (χ1n) is 9.84. The van der Waals surface area contributed by atoms with Gasteiger partial charge >= 0.3 is 0 Å². The fourth-order valence-corrected chi connectivity index (χ4v) is 2.58. The van der Waals surface area contributed by atoms with Gasteiger partial charge in [0.15, 0.2) is 5.11 Å². The van der Waals surface area contributed by atoms with Crippen LogP contribution < -0.4 is 25.4 Å². The Morgan fingerprint density at radius 1 is 0.931 bits per heavy atom. The molecule has 2 aromatic rings. The van der Waals surface area contributed by atoms with Crippen LogP contribution in [0.2, 0.25) is 0 Å². The summed E-state index contributed by atoms with van der Waals surface area (Å²) < 4.78 is 17.2. The molecule has 0 atom stereocenters. The lowest BCUT2D eigenvalue weighted by molar-refractivity contribution is 0.217. The number of nitrogens with zero attached hydrogens (tertiary/aromatic N) is 1. The molecule has 0 heterocycles. The van der Waals surface area contributed by atoms with Crippen molar-refractivity contribution in [2.45, 2.75) is 32.6 Å². The van der Waals surface area contributed by atoms with Crippen LogP contribution in [0.15, 0.2) is 53.6 Å². The van der Waals surface area contributed by atoms with Crippen LogP contribution in [0.1, 0.15) is 38.2 Å². The van der Waals surface area contributed by atoms with Crippen LogP contribution in [0, 0.1) is 0 Å². The quantitative estimate of drug-likeness (QED) is 0.220. The van der Waals surface area contributed by atoms with E-state index in [0.29, 0.717) is 13.2 Å². The number of unbranched alkanes of at least 4 members (excludes halogenated alkanes) is 3. The molecule has 0 bridgehead atoms. The summed E-state index contributed by atoms with van der Waals surface area (Å²) in [7, 11) is 0. The van der Waals surface area contributed by atoms with Crippen LogP contribution in [-0.2, 0) is 0 Å².